The predicted molar refractivity (Wildman–Crippen MR) is 180 cm³/mol. The summed E-state index contributed by atoms with van der Waals surface area (Å²) in [6, 6.07) is 29.0. The zero-order valence-corrected chi connectivity index (χ0v) is 27.1. The highest BCUT2D eigenvalue weighted by atomic mass is 35.5. The number of aryl methyl sites for hydroxylation is 1. The van der Waals surface area contributed by atoms with Gasteiger partial charge in [-0.15, -0.1) is 0 Å². The van der Waals surface area contributed by atoms with Crippen molar-refractivity contribution in [3.8, 4) is 11.4 Å². The molecular weight excluding hydrogens is 631 g/mol. The van der Waals surface area contributed by atoms with E-state index < -0.39 is 15.9 Å². The van der Waals surface area contributed by atoms with E-state index in [0.29, 0.717) is 15.8 Å². The fraction of sp³-hybridized carbons (Fsp3) is 0.118. The van der Waals surface area contributed by atoms with Crippen LogP contribution >= 0.6 is 23.2 Å². The topological polar surface area (TPSA) is 93.0 Å². The Morgan fingerprint density at radius 1 is 0.933 bits per heavy atom. The molecule has 0 saturated heterocycles. The van der Waals surface area contributed by atoms with Crippen LogP contribution in [-0.4, -0.2) is 32.2 Å². The number of benzene rings is 4. The fourth-order valence-electron chi connectivity index (χ4n) is 4.97. The number of carbonyl (C=O) groups excluding carboxylic acids is 1. The molecule has 8 nitrogen and oxygen atoms in total. The summed E-state index contributed by atoms with van der Waals surface area (Å²) >= 11 is 12.7. The number of hydrogen-bond acceptors (Lipinski definition) is 5. The number of ether oxygens (including phenoxy) is 1. The maximum absolute atomic E-state index is 14.0. The SMILES string of the molecule is COc1ccc(S(=O)(=O)N(Cc2ccccc2)c2ccccc2C(=O)N/N=C\c2cc(C)n(-c3cc(Cl)ccc3Cl)c2C)cc1. The highest BCUT2D eigenvalue weighted by Gasteiger charge is 2.29. The van der Waals surface area contributed by atoms with Crippen molar-refractivity contribution in [3.63, 3.8) is 0 Å². The van der Waals surface area contributed by atoms with E-state index in [2.05, 4.69) is 10.5 Å². The molecule has 0 aliphatic rings. The molecule has 5 rings (SSSR count). The van der Waals surface area contributed by atoms with Crippen molar-refractivity contribution in [3.05, 3.63) is 141 Å². The summed E-state index contributed by atoms with van der Waals surface area (Å²) in [5.41, 5.74) is 6.88. The third-order valence-corrected chi connectivity index (χ3v) is 9.55. The van der Waals surface area contributed by atoms with Crippen molar-refractivity contribution in [2.24, 2.45) is 5.10 Å². The molecule has 0 aliphatic heterocycles. The second kappa shape index (κ2) is 13.6. The minimum atomic E-state index is -4.10. The van der Waals surface area contributed by atoms with Crippen molar-refractivity contribution in [2.75, 3.05) is 11.4 Å². The molecule has 4 aromatic carbocycles. The zero-order chi connectivity index (χ0) is 32.1. The first-order chi connectivity index (χ1) is 21.6. The van der Waals surface area contributed by atoms with E-state index in [0.717, 1.165) is 28.2 Å². The van der Waals surface area contributed by atoms with E-state index in [1.807, 2.05) is 54.8 Å². The summed E-state index contributed by atoms with van der Waals surface area (Å²) in [4.78, 5) is 13.6. The summed E-state index contributed by atoms with van der Waals surface area (Å²) in [6.45, 7) is 3.84. The molecule has 0 spiro atoms. The lowest BCUT2D eigenvalue weighted by molar-refractivity contribution is 0.0955. The maximum atomic E-state index is 14.0. The largest absolute Gasteiger partial charge is 0.497 e. The van der Waals surface area contributed by atoms with Crippen molar-refractivity contribution < 1.29 is 17.9 Å². The minimum absolute atomic E-state index is 0.000806. The molecule has 1 amide bonds. The lowest BCUT2D eigenvalue weighted by Crippen LogP contribution is -2.33. The summed E-state index contributed by atoms with van der Waals surface area (Å²) in [7, 11) is -2.59. The van der Waals surface area contributed by atoms with Crippen LogP contribution in [0.15, 0.2) is 113 Å². The van der Waals surface area contributed by atoms with Crippen molar-refractivity contribution >= 4 is 51.0 Å². The van der Waals surface area contributed by atoms with Gasteiger partial charge in [0.1, 0.15) is 5.75 Å². The molecule has 0 atom stereocenters. The van der Waals surface area contributed by atoms with E-state index in [-0.39, 0.29) is 22.7 Å². The Balaban J connectivity index is 1.46. The molecule has 1 aromatic heterocycles. The number of amides is 1. The average molecular weight is 662 g/mol. The van der Waals surface area contributed by atoms with E-state index in [4.69, 9.17) is 27.9 Å². The summed E-state index contributed by atoms with van der Waals surface area (Å²) < 4.78 is 36.5. The number of rotatable bonds is 10. The second-order valence-electron chi connectivity index (χ2n) is 10.1. The van der Waals surface area contributed by atoms with Crippen LogP contribution in [0.1, 0.15) is 32.9 Å². The number of aromatic nitrogens is 1. The van der Waals surface area contributed by atoms with Gasteiger partial charge in [0.15, 0.2) is 0 Å². The number of anilines is 1. The number of hydrazone groups is 1. The summed E-state index contributed by atoms with van der Waals surface area (Å²) in [5.74, 6) is -0.0471. The van der Waals surface area contributed by atoms with Gasteiger partial charge in [-0.2, -0.15) is 5.10 Å². The third-order valence-electron chi connectivity index (χ3n) is 7.22. The van der Waals surface area contributed by atoms with Crippen LogP contribution < -0.4 is 14.5 Å². The number of methoxy groups -OCH3 is 1. The monoisotopic (exact) mass is 660 g/mol. The van der Waals surface area contributed by atoms with Gasteiger partial charge in [0.2, 0.25) is 0 Å². The molecule has 0 radical (unpaired) electrons. The zero-order valence-electron chi connectivity index (χ0n) is 24.7. The van der Waals surface area contributed by atoms with Crippen molar-refractivity contribution in [1.82, 2.24) is 9.99 Å². The molecule has 0 unspecified atom stereocenters. The molecule has 11 heteroatoms. The van der Waals surface area contributed by atoms with Gasteiger partial charge >= 0.3 is 0 Å². The fourth-order valence-corrected chi connectivity index (χ4v) is 6.81. The second-order valence-corrected chi connectivity index (χ2v) is 12.9. The summed E-state index contributed by atoms with van der Waals surface area (Å²) in [6.07, 6.45) is 1.54. The van der Waals surface area contributed by atoms with Crippen LogP contribution in [0, 0.1) is 13.8 Å². The van der Waals surface area contributed by atoms with Gasteiger partial charge in [0.05, 0.1) is 46.7 Å². The number of nitrogens with zero attached hydrogens (tertiary/aromatic N) is 3. The first-order valence-electron chi connectivity index (χ1n) is 13.9. The van der Waals surface area contributed by atoms with Crippen LogP contribution in [0.25, 0.3) is 5.69 Å². The van der Waals surface area contributed by atoms with Crippen molar-refractivity contribution in [2.45, 2.75) is 25.3 Å². The Labute approximate surface area is 272 Å². The Morgan fingerprint density at radius 3 is 2.33 bits per heavy atom. The highest BCUT2D eigenvalue weighted by Crippen LogP contribution is 2.31. The predicted octanol–water partition coefficient (Wildman–Crippen LogP) is 7.57. The van der Waals surface area contributed by atoms with Crippen LogP contribution in [0.5, 0.6) is 5.75 Å². The van der Waals surface area contributed by atoms with Crippen LogP contribution in [0.4, 0.5) is 5.69 Å². The summed E-state index contributed by atoms with van der Waals surface area (Å²) in [5, 5.41) is 5.31. The standard InChI is InChI=1S/C34H30Cl2N4O4S/c1-23-19-26(24(2)40(23)33-20-27(35)13-18-31(33)36)21-37-38-34(41)30-11-7-8-12-32(30)39(22-25-9-5-4-6-10-25)45(42,43)29-16-14-28(44-3)15-17-29/h4-21H,22H2,1-3H3,(H,38,41)/b37-21-. The smallest absolute Gasteiger partial charge is 0.273 e. The van der Waals surface area contributed by atoms with Crippen molar-refractivity contribution in [1.29, 1.82) is 0 Å². The molecule has 0 saturated carbocycles. The van der Waals surface area contributed by atoms with Crippen LogP contribution in [-0.2, 0) is 16.6 Å². The Hall–Kier alpha value is -4.57. The van der Waals surface area contributed by atoms with Gasteiger partial charge in [-0.1, -0.05) is 65.7 Å². The molecule has 5 aromatic rings. The Morgan fingerprint density at radius 2 is 1.62 bits per heavy atom. The maximum Gasteiger partial charge on any atom is 0.273 e. The molecule has 0 aliphatic carbocycles. The molecule has 0 bridgehead atoms. The lowest BCUT2D eigenvalue weighted by atomic mass is 10.1. The normalized spacial score (nSPS) is 11.5. The molecular formula is C34H30Cl2N4O4S. The van der Waals surface area contributed by atoms with Crippen LogP contribution in [0.2, 0.25) is 10.0 Å². The lowest BCUT2D eigenvalue weighted by Gasteiger charge is -2.26. The number of carbonyl (C=O) groups is 1. The number of nitrogens with one attached hydrogen (secondary N) is 1. The van der Waals surface area contributed by atoms with E-state index in [1.54, 1.807) is 54.6 Å². The van der Waals surface area contributed by atoms with Gasteiger partial charge in [-0.05, 0) is 80.1 Å². The average Bonchev–Trinajstić information content (AvgIpc) is 3.33. The van der Waals surface area contributed by atoms with E-state index >= 15 is 0 Å². The molecule has 45 heavy (non-hydrogen) atoms. The number of hydrogen-bond donors (Lipinski definition) is 1. The Kier molecular flexibility index (Phi) is 9.63. The van der Waals surface area contributed by atoms with Gasteiger partial charge in [-0.25, -0.2) is 13.8 Å². The number of para-hydroxylation sites is 1. The number of halogens is 2. The molecule has 1 N–H and O–H groups in total. The minimum Gasteiger partial charge on any atom is -0.497 e. The quantitative estimate of drug-likeness (QED) is 0.124. The van der Waals surface area contributed by atoms with Gasteiger partial charge < -0.3 is 9.30 Å². The van der Waals surface area contributed by atoms with Crippen LogP contribution in [0.3, 0.4) is 0 Å². The first-order valence-corrected chi connectivity index (χ1v) is 16.1. The van der Waals surface area contributed by atoms with Gasteiger partial charge in [-0.3, -0.25) is 9.10 Å². The third kappa shape index (κ3) is 6.91. The number of sulfonamides is 1. The molecule has 0 fully saturated rings. The Bertz CT molecular complexity index is 1980. The first kappa shape index (κ1) is 31.8. The molecule has 230 valence electrons. The molecule has 1 heterocycles. The van der Waals surface area contributed by atoms with E-state index in [9.17, 15) is 13.2 Å². The van der Waals surface area contributed by atoms with E-state index in [1.165, 1.54) is 29.8 Å². The van der Waals surface area contributed by atoms with Gasteiger partial charge in [0, 0.05) is 22.0 Å². The van der Waals surface area contributed by atoms with Gasteiger partial charge in [0.25, 0.3) is 15.9 Å². The highest BCUT2D eigenvalue weighted by molar-refractivity contribution is 7.92.